The van der Waals surface area contributed by atoms with Gasteiger partial charge in [-0.1, -0.05) is 18.7 Å². The lowest BCUT2D eigenvalue weighted by Gasteiger charge is -2.21. The van der Waals surface area contributed by atoms with Gasteiger partial charge < -0.3 is 20.2 Å². The van der Waals surface area contributed by atoms with Gasteiger partial charge in [0.2, 0.25) is 5.95 Å². The zero-order valence-corrected chi connectivity index (χ0v) is 22.1. The van der Waals surface area contributed by atoms with E-state index in [-0.39, 0.29) is 28.0 Å². The summed E-state index contributed by atoms with van der Waals surface area (Å²) < 4.78 is 97.4. The van der Waals surface area contributed by atoms with Crippen LogP contribution in [0.2, 0.25) is 0 Å². The van der Waals surface area contributed by atoms with Crippen LogP contribution in [-0.4, -0.2) is 44.2 Å². The van der Waals surface area contributed by atoms with E-state index >= 15 is 0 Å². The van der Waals surface area contributed by atoms with Gasteiger partial charge in [0.05, 0.1) is 23.3 Å². The Labute approximate surface area is 242 Å². The molecule has 230 valence electrons. The molecule has 4 rings (SSSR count). The van der Waals surface area contributed by atoms with E-state index < -0.39 is 47.4 Å². The third-order valence-corrected chi connectivity index (χ3v) is 5.35. The number of halogens is 7. The van der Waals surface area contributed by atoms with Crippen LogP contribution in [0.15, 0.2) is 73.7 Å². The molecule has 0 spiro atoms. The van der Waals surface area contributed by atoms with E-state index in [1.165, 1.54) is 29.2 Å². The Morgan fingerprint density at radius 3 is 2.43 bits per heavy atom. The zero-order chi connectivity index (χ0) is 32.2. The van der Waals surface area contributed by atoms with Gasteiger partial charge in [-0.3, -0.25) is 9.48 Å². The fraction of sp³-hybridized carbons (Fsp3) is 0.115. The maximum Gasteiger partial charge on any atom is 0.573 e. The highest BCUT2D eigenvalue weighted by Gasteiger charge is 2.43. The van der Waals surface area contributed by atoms with Crippen LogP contribution in [-0.2, 0) is 21.5 Å². The normalized spacial score (nSPS) is 11.5. The Hall–Kier alpha value is -5.68. The number of aromatic nitrogens is 4. The highest BCUT2D eigenvalue weighted by Crippen LogP contribution is 2.35. The number of hydroxylamine groups is 1. The zero-order valence-electron chi connectivity index (χ0n) is 22.1. The number of carbonyl (C=O) groups is 2. The predicted molar refractivity (Wildman–Crippen MR) is 140 cm³/mol. The summed E-state index contributed by atoms with van der Waals surface area (Å²) in [5.74, 6) is -5.92. The number of alkyl halides is 6. The van der Waals surface area contributed by atoms with Crippen LogP contribution in [0, 0.1) is 5.82 Å². The fourth-order valence-electron chi connectivity index (χ4n) is 3.53. The van der Waals surface area contributed by atoms with E-state index in [2.05, 4.69) is 41.9 Å². The molecule has 1 amide bonds. The van der Waals surface area contributed by atoms with Crippen molar-refractivity contribution >= 4 is 40.7 Å². The van der Waals surface area contributed by atoms with Crippen molar-refractivity contribution < 1.29 is 49.9 Å². The van der Waals surface area contributed by atoms with Gasteiger partial charge in [0.1, 0.15) is 17.4 Å². The molecule has 0 fully saturated rings. The number of anilines is 5. The number of rotatable bonds is 8. The number of ether oxygens (including phenoxy) is 1. The predicted octanol–water partition coefficient (Wildman–Crippen LogP) is 5.94. The van der Waals surface area contributed by atoms with Crippen molar-refractivity contribution in [2.75, 3.05) is 15.7 Å². The van der Waals surface area contributed by atoms with Gasteiger partial charge in [0, 0.05) is 25.0 Å². The van der Waals surface area contributed by atoms with Crippen molar-refractivity contribution in [3.63, 3.8) is 0 Å². The van der Waals surface area contributed by atoms with Crippen molar-refractivity contribution in [1.82, 2.24) is 19.7 Å². The monoisotopic (exact) mass is 625 g/mol. The number of aryl methyl sites for hydroxylation is 1. The average molecular weight is 625 g/mol. The van der Waals surface area contributed by atoms with Crippen LogP contribution in [0.1, 0.15) is 0 Å². The van der Waals surface area contributed by atoms with Gasteiger partial charge in [0.15, 0.2) is 0 Å². The number of hydrogen-bond acceptors (Lipinski definition) is 9. The van der Waals surface area contributed by atoms with Crippen LogP contribution in [0.25, 0.3) is 11.1 Å². The molecule has 0 atom stereocenters. The minimum Gasteiger partial charge on any atom is -0.406 e. The van der Waals surface area contributed by atoms with Gasteiger partial charge in [0.25, 0.3) is 5.91 Å². The molecule has 0 bridgehead atoms. The van der Waals surface area contributed by atoms with E-state index in [1.54, 1.807) is 13.2 Å². The summed E-state index contributed by atoms with van der Waals surface area (Å²) in [6, 6.07) is 7.10. The molecule has 18 heteroatoms. The summed E-state index contributed by atoms with van der Waals surface area (Å²) in [6.07, 6.45) is -5.73. The maximum atomic E-state index is 15.0. The van der Waals surface area contributed by atoms with Crippen molar-refractivity contribution in [1.29, 1.82) is 0 Å². The first-order valence-electron chi connectivity index (χ1n) is 11.9. The van der Waals surface area contributed by atoms with Crippen molar-refractivity contribution in [3.8, 4) is 16.9 Å². The third-order valence-electron chi connectivity index (χ3n) is 5.35. The van der Waals surface area contributed by atoms with Crippen molar-refractivity contribution in [3.05, 3.63) is 79.5 Å². The summed E-state index contributed by atoms with van der Waals surface area (Å²) in [6.45, 7) is 3.14. The van der Waals surface area contributed by atoms with E-state index in [0.717, 1.165) is 30.3 Å². The summed E-state index contributed by atoms with van der Waals surface area (Å²) >= 11 is 0. The highest BCUT2D eigenvalue weighted by molar-refractivity contribution is 6.01. The largest absolute Gasteiger partial charge is 0.573 e. The van der Waals surface area contributed by atoms with Crippen molar-refractivity contribution in [2.24, 2.45) is 7.05 Å². The van der Waals surface area contributed by atoms with Crippen LogP contribution in [0.4, 0.5) is 59.6 Å². The van der Waals surface area contributed by atoms with Gasteiger partial charge >= 0.3 is 18.5 Å². The lowest BCUT2D eigenvalue weighted by Crippen LogP contribution is -2.38. The molecule has 0 aliphatic carbocycles. The second-order valence-corrected chi connectivity index (χ2v) is 8.56. The highest BCUT2D eigenvalue weighted by atomic mass is 19.4. The summed E-state index contributed by atoms with van der Waals surface area (Å²) in [7, 11) is 1.64. The minimum atomic E-state index is -5.47. The topological polar surface area (TPSA) is 124 Å². The molecule has 2 aromatic heterocycles. The smallest absolute Gasteiger partial charge is 0.406 e. The lowest BCUT2D eigenvalue weighted by molar-refractivity contribution is -0.274. The van der Waals surface area contributed by atoms with Crippen LogP contribution in [0.3, 0.4) is 0 Å². The molecule has 44 heavy (non-hydrogen) atoms. The van der Waals surface area contributed by atoms with Gasteiger partial charge in [-0.15, -0.1) is 18.2 Å². The Balaban J connectivity index is 1.78. The third kappa shape index (κ3) is 7.78. The van der Waals surface area contributed by atoms with E-state index in [9.17, 15) is 40.3 Å². The number of hydrogen-bond donors (Lipinski definition) is 2. The first-order valence-corrected chi connectivity index (χ1v) is 11.9. The quantitative estimate of drug-likeness (QED) is 0.139. The van der Waals surface area contributed by atoms with Crippen LogP contribution < -0.4 is 20.4 Å². The van der Waals surface area contributed by atoms with Crippen LogP contribution >= 0.6 is 0 Å². The Kier molecular flexibility index (Phi) is 8.72. The maximum absolute atomic E-state index is 15.0. The van der Waals surface area contributed by atoms with Crippen molar-refractivity contribution in [2.45, 2.75) is 12.5 Å². The molecule has 0 radical (unpaired) electrons. The standard InChI is InChI=1S/C26H18F7N7O4/c1-3-21(41)40(44-23(42)25(28,29)30)16-7-8-19(27)20(10-16)37-22-18(14-5-4-6-17(9-14)43-26(31,32)33)12-34-24(38-22)36-15-11-35-39(2)13-15/h3-13H,1H2,2H3,(H2,34,36,37,38). The summed E-state index contributed by atoms with van der Waals surface area (Å²) in [5.41, 5.74) is -0.475. The fourth-order valence-corrected chi connectivity index (χ4v) is 3.53. The molecule has 0 unspecified atom stereocenters. The second kappa shape index (κ2) is 12.3. The lowest BCUT2D eigenvalue weighted by atomic mass is 10.1. The molecule has 11 nitrogen and oxygen atoms in total. The van der Waals surface area contributed by atoms with Gasteiger partial charge in [-0.25, -0.2) is 14.2 Å². The molecule has 2 N–H and O–H groups in total. The number of nitrogens with zero attached hydrogens (tertiary/aromatic N) is 5. The Morgan fingerprint density at radius 2 is 1.80 bits per heavy atom. The van der Waals surface area contributed by atoms with E-state index in [1.807, 2.05) is 0 Å². The number of carbonyl (C=O) groups excluding carboxylic acids is 2. The minimum absolute atomic E-state index is 0.0293. The van der Waals surface area contributed by atoms with Gasteiger partial charge in [-0.2, -0.15) is 23.3 Å². The van der Waals surface area contributed by atoms with Gasteiger partial charge in [-0.05, 0) is 42.0 Å². The first kappa shape index (κ1) is 31.3. The number of amides is 1. The Bertz CT molecular complexity index is 1710. The van der Waals surface area contributed by atoms with Crippen LogP contribution in [0.5, 0.6) is 5.75 Å². The SMILES string of the molecule is C=CC(=O)N(OC(=O)C(F)(F)F)c1ccc(F)c(Nc2nc(Nc3cnn(C)c3)ncc2-c2cccc(OC(F)(F)F)c2)c1. The molecule has 0 aliphatic heterocycles. The summed E-state index contributed by atoms with van der Waals surface area (Å²) in [4.78, 5) is 36.3. The molecule has 0 saturated carbocycles. The molecule has 0 saturated heterocycles. The molecule has 4 aromatic rings. The average Bonchev–Trinajstić information content (AvgIpc) is 3.35. The first-order chi connectivity index (χ1) is 20.6. The number of benzene rings is 2. The molecular formula is C26H18F7N7O4. The van der Waals surface area contributed by atoms with E-state index in [4.69, 9.17) is 0 Å². The Morgan fingerprint density at radius 1 is 1.05 bits per heavy atom. The number of nitrogens with one attached hydrogen (secondary N) is 2. The van der Waals surface area contributed by atoms with E-state index in [0.29, 0.717) is 11.8 Å². The molecule has 2 aromatic carbocycles. The molecule has 0 aliphatic rings. The molecular weight excluding hydrogens is 607 g/mol. The molecule has 2 heterocycles. The summed E-state index contributed by atoms with van der Waals surface area (Å²) in [5, 5.41) is 9.36. The second-order valence-electron chi connectivity index (χ2n) is 8.56.